The average molecular weight is 497 g/mol. The number of pyridine rings is 1. The van der Waals surface area contributed by atoms with Crippen molar-refractivity contribution in [2.24, 2.45) is 0 Å². The van der Waals surface area contributed by atoms with Crippen molar-refractivity contribution in [3.8, 4) is 17.2 Å². The Kier molecular flexibility index (Phi) is 7.12. The number of thioether (sulfide) groups is 1. The van der Waals surface area contributed by atoms with Crippen LogP contribution < -0.4 is 9.47 Å². The van der Waals surface area contributed by atoms with Gasteiger partial charge in [0, 0.05) is 34.1 Å². The lowest BCUT2D eigenvalue weighted by Crippen LogP contribution is -2.15. The monoisotopic (exact) mass is 496 g/mol. The molecule has 182 valence electrons. The van der Waals surface area contributed by atoms with Gasteiger partial charge >= 0.3 is 6.61 Å². The van der Waals surface area contributed by atoms with Crippen molar-refractivity contribution in [2.75, 3.05) is 7.11 Å². The van der Waals surface area contributed by atoms with Gasteiger partial charge in [-0.05, 0) is 81.8 Å². The number of halogens is 2. The molecule has 1 atom stereocenters. The molecular formula is C27H26F2N2O3S. The van der Waals surface area contributed by atoms with Crippen molar-refractivity contribution < 1.29 is 23.0 Å². The van der Waals surface area contributed by atoms with E-state index in [0.717, 1.165) is 44.3 Å². The first-order valence-electron chi connectivity index (χ1n) is 11.1. The molecule has 2 aromatic heterocycles. The maximum atomic E-state index is 13.4. The second-order valence-electron chi connectivity index (χ2n) is 8.28. The minimum absolute atomic E-state index is 0.00260. The zero-order valence-corrected chi connectivity index (χ0v) is 21.0. The van der Waals surface area contributed by atoms with Crippen LogP contribution in [0.4, 0.5) is 8.78 Å². The summed E-state index contributed by atoms with van der Waals surface area (Å²) < 4.78 is 36.6. The number of methoxy groups -OCH3 is 1. The summed E-state index contributed by atoms with van der Waals surface area (Å²) in [5, 5.41) is 1.45. The predicted octanol–water partition coefficient (Wildman–Crippen LogP) is 6.92. The van der Waals surface area contributed by atoms with Crippen molar-refractivity contribution in [2.45, 2.75) is 44.6 Å². The van der Waals surface area contributed by atoms with Crippen LogP contribution in [0.3, 0.4) is 0 Å². The molecule has 0 saturated carbocycles. The molecule has 1 unspecified atom stereocenters. The number of nitrogens with zero attached hydrogens (tertiary/aromatic N) is 2. The summed E-state index contributed by atoms with van der Waals surface area (Å²) >= 11 is 1.42. The summed E-state index contributed by atoms with van der Waals surface area (Å²) in [6, 6.07) is 16.0. The van der Waals surface area contributed by atoms with E-state index < -0.39 is 6.61 Å². The Labute approximate surface area is 207 Å². The number of ketones is 1. The molecule has 2 aromatic carbocycles. The number of carbonyl (C=O) groups is 1. The van der Waals surface area contributed by atoms with Crippen LogP contribution in [0.2, 0.25) is 0 Å². The lowest BCUT2D eigenvalue weighted by atomic mass is 10.1. The SMILES string of the molecule is COc1ccc2c(C)cc(SC(C)C(=O)c3cc(C)n(-c4ccc(OC(F)F)cc4)c3C)nc2c1. The molecule has 0 aliphatic heterocycles. The molecule has 2 heterocycles. The van der Waals surface area contributed by atoms with Crippen LogP contribution in [-0.4, -0.2) is 34.3 Å². The normalized spacial score (nSPS) is 12.2. The standard InChI is InChI=1S/C27H26F2N2O3S/c1-15-12-25(30-24-14-21(33-5)10-11-22(15)24)35-18(4)26(32)23-13-16(2)31(17(23)3)19-6-8-20(9-7-19)34-27(28)29/h6-14,18,27H,1-5H3. The van der Waals surface area contributed by atoms with Gasteiger partial charge in [-0.15, -0.1) is 0 Å². The van der Waals surface area contributed by atoms with Gasteiger partial charge in [0.1, 0.15) is 11.5 Å². The minimum Gasteiger partial charge on any atom is -0.497 e. The van der Waals surface area contributed by atoms with Gasteiger partial charge in [0.2, 0.25) is 0 Å². The number of benzene rings is 2. The van der Waals surface area contributed by atoms with Crippen molar-refractivity contribution in [3.63, 3.8) is 0 Å². The lowest BCUT2D eigenvalue weighted by molar-refractivity contribution is -0.0498. The lowest BCUT2D eigenvalue weighted by Gasteiger charge is -2.13. The van der Waals surface area contributed by atoms with E-state index in [1.807, 2.05) is 62.6 Å². The first-order chi connectivity index (χ1) is 16.7. The largest absolute Gasteiger partial charge is 0.497 e. The molecule has 8 heteroatoms. The number of hydrogen-bond donors (Lipinski definition) is 0. The third kappa shape index (κ3) is 5.17. The number of hydrogen-bond acceptors (Lipinski definition) is 5. The number of fused-ring (bicyclic) bond motifs is 1. The van der Waals surface area contributed by atoms with Gasteiger partial charge in [-0.1, -0.05) is 11.8 Å². The van der Waals surface area contributed by atoms with E-state index in [9.17, 15) is 13.6 Å². The van der Waals surface area contributed by atoms with Crippen LogP contribution >= 0.6 is 11.8 Å². The molecule has 4 rings (SSSR count). The number of Topliss-reactive ketones (excluding diaryl/α,β-unsaturated/α-hetero) is 1. The molecule has 4 aromatic rings. The van der Waals surface area contributed by atoms with Crippen LogP contribution in [0.5, 0.6) is 11.5 Å². The highest BCUT2D eigenvalue weighted by molar-refractivity contribution is 8.00. The van der Waals surface area contributed by atoms with Crippen LogP contribution in [0.15, 0.2) is 59.6 Å². The molecule has 35 heavy (non-hydrogen) atoms. The molecule has 0 spiro atoms. The first-order valence-corrected chi connectivity index (χ1v) is 12.0. The molecular weight excluding hydrogens is 470 g/mol. The van der Waals surface area contributed by atoms with E-state index in [4.69, 9.17) is 9.72 Å². The Morgan fingerprint density at radius 2 is 1.69 bits per heavy atom. The predicted molar refractivity (Wildman–Crippen MR) is 135 cm³/mol. The van der Waals surface area contributed by atoms with E-state index in [1.165, 1.54) is 23.9 Å². The van der Waals surface area contributed by atoms with Gasteiger partial charge < -0.3 is 14.0 Å². The molecule has 0 bridgehead atoms. The highest BCUT2D eigenvalue weighted by Gasteiger charge is 2.23. The fourth-order valence-electron chi connectivity index (χ4n) is 4.18. The molecule has 0 aliphatic rings. The summed E-state index contributed by atoms with van der Waals surface area (Å²) in [6.07, 6.45) is 0. The molecule has 0 saturated heterocycles. The molecule has 0 amide bonds. The zero-order chi connectivity index (χ0) is 25.3. The summed E-state index contributed by atoms with van der Waals surface area (Å²) in [7, 11) is 1.62. The number of rotatable bonds is 8. The summed E-state index contributed by atoms with van der Waals surface area (Å²) in [6.45, 7) is 4.82. The molecule has 0 radical (unpaired) electrons. The Bertz CT molecular complexity index is 1380. The first kappa shape index (κ1) is 24.7. The smallest absolute Gasteiger partial charge is 0.387 e. The van der Waals surface area contributed by atoms with Crippen molar-refractivity contribution >= 4 is 28.4 Å². The number of aryl methyl sites for hydroxylation is 2. The van der Waals surface area contributed by atoms with Crippen LogP contribution in [0, 0.1) is 20.8 Å². The maximum absolute atomic E-state index is 13.4. The molecule has 5 nitrogen and oxygen atoms in total. The fraction of sp³-hybridized carbons (Fsp3) is 0.259. The van der Waals surface area contributed by atoms with Gasteiger partial charge in [-0.2, -0.15) is 8.78 Å². The van der Waals surface area contributed by atoms with E-state index in [2.05, 4.69) is 4.74 Å². The second-order valence-corrected chi connectivity index (χ2v) is 9.64. The van der Waals surface area contributed by atoms with Crippen LogP contribution in [-0.2, 0) is 0 Å². The summed E-state index contributed by atoms with van der Waals surface area (Å²) in [5.74, 6) is 0.817. The Balaban J connectivity index is 1.58. The van der Waals surface area contributed by atoms with Gasteiger partial charge in [0.15, 0.2) is 5.78 Å². The Morgan fingerprint density at radius 3 is 2.34 bits per heavy atom. The molecule has 0 aliphatic carbocycles. The summed E-state index contributed by atoms with van der Waals surface area (Å²) in [5.41, 5.74) is 4.95. The third-order valence-electron chi connectivity index (χ3n) is 5.88. The van der Waals surface area contributed by atoms with Gasteiger partial charge in [0.25, 0.3) is 0 Å². The van der Waals surface area contributed by atoms with Crippen LogP contribution in [0.1, 0.15) is 34.2 Å². The van der Waals surface area contributed by atoms with Crippen molar-refractivity contribution in [1.29, 1.82) is 0 Å². The van der Waals surface area contributed by atoms with Crippen molar-refractivity contribution in [1.82, 2.24) is 9.55 Å². The highest BCUT2D eigenvalue weighted by Crippen LogP contribution is 2.31. The van der Waals surface area contributed by atoms with E-state index in [-0.39, 0.29) is 16.8 Å². The van der Waals surface area contributed by atoms with E-state index >= 15 is 0 Å². The Morgan fingerprint density at radius 1 is 1.00 bits per heavy atom. The number of carbonyl (C=O) groups excluding carboxylic acids is 1. The average Bonchev–Trinajstić information content (AvgIpc) is 3.12. The molecule has 0 N–H and O–H groups in total. The van der Waals surface area contributed by atoms with Crippen molar-refractivity contribution in [3.05, 3.63) is 77.1 Å². The van der Waals surface area contributed by atoms with Crippen LogP contribution in [0.25, 0.3) is 16.6 Å². The highest BCUT2D eigenvalue weighted by atomic mass is 32.2. The second kappa shape index (κ2) is 10.1. The number of alkyl halides is 2. The molecule has 0 fully saturated rings. The number of ether oxygens (including phenoxy) is 2. The van der Waals surface area contributed by atoms with Gasteiger partial charge in [-0.3, -0.25) is 4.79 Å². The Hall–Kier alpha value is -3.39. The van der Waals surface area contributed by atoms with Gasteiger partial charge in [0.05, 0.1) is 22.9 Å². The third-order valence-corrected chi connectivity index (χ3v) is 6.90. The minimum atomic E-state index is -2.87. The topological polar surface area (TPSA) is 53.4 Å². The maximum Gasteiger partial charge on any atom is 0.387 e. The van der Waals surface area contributed by atoms with E-state index in [0.29, 0.717) is 5.56 Å². The fourth-order valence-corrected chi connectivity index (χ4v) is 5.17. The van der Waals surface area contributed by atoms with Gasteiger partial charge in [-0.25, -0.2) is 4.98 Å². The number of aromatic nitrogens is 2. The zero-order valence-electron chi connectivity index (χ0n) is 20.1. The summed E-state index contributed by atoms with van der Waals surface area (Å²) in [4.78, 5) is 18.1. The quantitative estimate of drug-likeness (QED) is 0.196. The van der Waals surface area contributed by atoms with E-state index in [1.54, 1.807) is 19.2 Å².